The lowest BCUT2D eigenvalue weighted by molar-refractivity contribution is 0.628. The summed E-state index contributed by atoms with van der Waals surface area (Å²) < 4.78 is 14.9. The van der Waals surface area contributed by atoms with Crippen molar-refractivity contribution in [3.05, 3.63) is 75.7 Å². The Hall–Kier alpha value is -2.53. The summed E-state index contributed by atoms with van der Waals surface area (Å²) in [4.78, 5) is 5.04. The van der Waals surface area contributed by atoms with Crippen molar-refractivity contribution < 1.29 is 4.39 Å². The van der Waals surface area contributed by atoms with Crippen molar-refractivity contribution in [1.29, 1.82) is 0 Å². The van der Waals surface area contributed by atoms with E-state index in [9.17, 15) is 4.39 Å². The Morgan fingerprint density at radius 3 is 2.39 bits per heavy atom. The van der Waals surface area contributed by atoms with Gasteiger partial charge in [0.2, 0.25) is 4.80 Å². The van der Waals surface area contributed by atoms with Crippen molar-refractivity contribution in [3.8, 4) is 11.3 Å². The third-order valence-corrected chi connectivity index (χ3v) is 4.32. The maximum absolute atomic E-state index is 13.1. The summed E-state index contributed by atoms with van der Waals surface area (Å²) in [5.41, 5.74) is 4.01. The zero-order valence-corrected chi connectivity index (χ0v) is 13.7. The first-order chi connectivity index (χ1) is 11.2. The monoisotopic (exact) mass is 325 g/mol. The van der Waals surface area contributed by atoms with E-state index in [2.05, 4.69) is 17.0 Å². The van der Waals surface area contributed by atoms with Gasteiger partial charge in [-0.15, -0.1) is 11.3 Å². The third kappa shape index (κ3) is 3.46. The van der Waals surface area contributed by atoms with Crippen LogP contribution in [0.5, 0.6) is 0 Å². The normalized spacial score (nSPS) is 12.2. The van der Waals surface area contributed by atoms with Gasteiger partial charge >= 0.3 is 0 Å². The highest BCUT2D eigenvalue weighted by atomic mass is 32.1. The van der Waals surface area contributed by atoms with E-state index in [1.807, 2.05) is 29.6 Å². The zero-order chi connectivity index (χ0) is 16.2. The smallest absolute Gasteiger partial charge is 0.205 e. The van der Waals surface area contributed by atoms with Crippen LogP contribution in [0.25, 0.3) is 11.3 Å². The molecule has 0 aliphatic heterocycles. The summed E-state index contributed by atoms with van der Waals surface area (Å²) >= 11 is 1.50. The fourth-order valence-corrected chi connectivity index (χ4v) is 2.96. The van der Waals surface area contributed by atoms with Gasteiger partial charge in [-0.3, -0.25) is 4.99 Å². The summed E-state index contributed by atoms with van der Waals surface area (Å²) in [5, 5.41) is 6.52. The first kappa shape index (κ1) is 15.4. The molecule has 2 aromatic carbocycles. The summed E-state index contributed by atoms with van der Waals surface area (Å²) in [6, 6.07) is 14.5. The lowest BCUT2D eigenvalue weighted by Gasteiger charge is -2.03. The predicted molar refractivity (Wildman–Crippen MR) is 93.4 cm³/mol. The van der Waals surface area contributed by atoms with Gasteiger partial charge in [-0.05, 0) is 36.8 Å². The average Bonchev–Trinajstić information content (AvgIpc) is 2.98. The number of hydrogen-bond acceptors (Lipinski definition) is 3. The molecule has 0 saturated carbocycles. The van der Waals surface area contributed by atoms with Crippen molar-refractivity contribution in [3.63, 3.8) is 0 Å². The molecule has 0 amide bonds. The van der Waals surface area contributed by atoms with Crippen LogP contribution >= 0.6 is 11.3 Å². The number of aryl methyl sites for hydroxylation is 1. The van der Waals surface area contributed by atoms with Crippen molar-refractivity contribution >= 4 is 17.6 Å². The molecule has 0 radical (unpaired) electrons. The van der Waals surface area contributed by atoms with E-state index in [1.54, 1.807) is 30.1 Å². The Morgan fingerprint density at radius 2 is 1.74 bits per heavy atom. The molecule has 0 fully saturated rings. The molecule has 0 unspecified atom stereocenters. The Labute approximate surface area is 138 Å². The van der Waals surface area contributed by atoms with Crippen LogP contribution in [-0.4, -0.2) is 17.9 Å². The fraction of sp³-hybridized carbons (Fsp3) is 0.111. The molecule has 5 heteroatoms. The van der Waals surface area contributed by atoms with Crippen LogP contribution < -0.4 is 4.80 Å². The summed E-state index contributed by atoms with van der Waals surface area (Å²) in [5.74, 6) is -0.251. The number of benzene rings is 2. The van der Waals surface area contributed by atoms with Crippen LogP contribution in [0, 0.1) is 12.7 Å². The summed E-state index contributed by atoms with van der Waals surface area (Å²) in [6.45, 7) is 2.05. The van der Waals surface area contributed by atoms with Crippen LogP contribution in [0.15, 0.2) is 64.0 Å². The number of nitrogens with zero attached hydrogens (tertiary/aromatic N) is 3. The Kier molecular flexibility index (Phi) is 4.48. The van der Waals surface area contributed by atoms with Crippen LogP contribution in [0.2, 0.25) is 0 Å². The molecule has 0 aliphatic rings. The largest absolute Gasteiger partial charge is 0.261 e. The van der Waals surface area contributed by atoms with Crippen molar-refractivity contribution in [2.24, 2.45) is 10.1 Å². The minimum absolute atomic E-state index is 0.251. The van der Waals surface area contributed by atoms with E-state index in [-0.39, 0.29) is 5.82 Å². The lowest BCUT2D eigenvalue weighted by atomic mass is 10.2. The molecule has 116 valence electrons. The number of halogens is 1. The van der Waals surface area contributed by atoms with Crippen molar-refractivity contribution in [2.75, 3.05) is 7.05 Å². The lowest BCUT2D eigenvalue weighted by Crippen LogP contribution is -2.11. The second-order valence-electron chi connectivity index (χ2n) is 5.10. The molecule has 3 nitrogen and oxygen atoms in total. The molecular weight excluding hydrogens is 309 g/mol. The quantitative estimate of drug-likeness (QED) is 0.650. The molecule has 0 saturated heterocycles. The number of hydrogen-bond donors (Lipinski definition) is 0. The molecule has 0 atom stereocenters. The van der Waals surface area contributed by atoms with Crippen molar-refractivity contribution in [2.45, 2.75) is 6.92 Å². The Morgan fingerprint density at radius 1 is 1.04 bits per heavy atom. The Bertz CT molecular complexity index is 887. The maximum atomic E-state index is 13.1. The molecular formula is C18H16FN3S. The summed E-state index contributed by atoms with van der Waals surface area (Å²) in [7, 11) is 1.73. The number of aromatic nitrogens is 1. The highest BCUT2D eigenvalue weighted by Gasteiger charge is 2.07. The Balaban J connectivity index is 2.02. The van der Waals surface area contributed by atoms with E-state index >= 15 is 0 Å². The second kappa shape index (κ2) is 6.71. The van der Waals surface area contributed by atoms with E-state index in [1.165, 1.54) is 29.0 Å². The minimum atomic E-state index is -0.251. The fourth-order valence-electron chi connectivity index (χ4n) is 2.16. The van der Waals surface area contributed by atoms with Crippen molar-refractivity contribution in [1.82, 2.24) is 4.68 Å². The van der Waals surface area contributed by atoms with E-state index in [4.69, 9.17) is 0 Å². The highest BCUT2D eigenvalue weighted by Crippen LogP contribution is 2.20. The minimum Gasteiger partial charge on any atom is -0.261 e. The van der Waals surface area contributed by atoms with Gasteiger partial charge in [0, 0.05) is 18.0 Å². The van der Waals surface area contributed by atoms with Gasteiger partial charge in [0.25, 0.3) is 0 Å². The van der Waals surface area contributed by atoms with Gasteiger partial charge in [0.05, 0.1) is 11.9 Å². The SMILES string of the molecule is CN=c1scc(-c2ccc(F)cc2)n1N=Cc1ccc(C)cc1. The molecule has 1 heterocycles. The number of thiazole rings is 1. The van der Waals surface area contributed by atoms with Gasteiger partial charge in [0.1, 0.15) is 5.82 Å². The summed E-state index contributed by atoms with van der Waals surface area (Å²) in [6.07, 6.45) is 1.80. The van der Waals surface area contributed by atoms with Crippen LogP contribution in [0.1, 0.15) is 11.1 Å². The van der Waals surface area contributed by atoms with Gasteiger partial charge < -0.3 is 0 Å². The molecule has 0 N–H and O–H groups in total. The van der Waals surface area contributed by atoms with E-state index in [0.29, 0.717) is 0 Å². The molecule has 0 aliphatic carbocycles. The van der Waals surface area contributed by atoms with E-state index < -0.39 is 0 Å². The van der Waals surface area contributed by atoms with E-state index in [0.717, 1.165) is 21.6 Å². The first-order valence-corrected chi connectivity index (χ1v) is 8.05. The molecule has 0 spiro atoms. The van der Waals surface area contributed by atoms with Crippen LogP contribution in [0.3, 0.4) is 0 Å². The standard InChI is InChI=1S/C18H16FN3S/c1-13-3-5-14(6-4-13)11-21-22-17(12-23-18(22)20-2)15-7-9-16(19)10-8-15/h3-12H,1-2H3. The topological polar surface area (TPSA) is 29.6 Å². The maximum Gasteiger partial charge on any atom is 0.205 e. The molecule has 3 aromatic rings. The third-order valence-electron chi connectivity index (χ3n) is 3.42. The zero-order valence-electron chi connectivity index (χ0n) is 12.9. The van der Waals surface area contributed by atoms with Gasteiger partial charge in [-0.2, -0.15) is 5.10 Å². The van der Waals surface area contributed by atoms with Gasteiger partial charge in [-0.25, -0.2) is 9.07 Å². The molecule has 23 heavy (non-hydrogen) atoms. The average molecular weight is 325 g/mol. The highest BCUT2D eigenvalue weighted by molar-refractivity contribution is 7.07. The van der Waals surface area contributed by atoms with Gasteiger partial charge in [0.15, 0.2) is 0 Å². The molecule has 3 rings (SSSR count). The first-order valence-electron chi connectivity index (χ1n) is 7.18. The van der Waals surface area contributed by atoms with Gasteiger partial charge in [-0.1, -0.05) is 29.8 Å². The second-order valence-corrected chi connectivity index (χ2v) is 5.94. The predicted octanol–water partition coefficient (Wildman–Crippen LogP) is 4.08. The van der Waals surface area contributed by atoms with Crippen LogP contribution in [-0.2, 0) is 0 Å². The molecule has 1 aromatic heterocycles. The molecule has 0 bridgehead atoms. The van der Waals surface area contributed by atoms with Crippen LogP contribution in [0.4, 0.5) is 4.39 Å². The number of rotatable bonds is 3.